The van der Waals surface area contributed by atoms with Crippen LogP contribution in [0, 0.1) is 0 Å². The van der Waals surface area contributed by atoms with E-state index in [1.54, 1.807) is 0 Å². The molecule has 0 heterocycles. The average molecular weight is 391 g/mol. The lowest BCUT2D eigenvalue weighted by atomic mass is 10.1. The number of nitrogens with one attached hydrogen (secondary N) is 3. The summed E-state index contributed by atoms with van der Waals surface area (Å²) in [6.07, 6.45) is 0. The Hall–Kier alpha value is -2.09. The second-order valence-electron chi connectivity index (χ2n) is 6.48. The number of guanidine groups is 1. The van der Waals surface area contributed by atoms with Crippen molar-refractivity contribution in [3.8, 4) is 5.75 Å². The Morgan fingerprint density at radius 1 is 1.31 bits per heavy atom. The van der Waals surface area contributed by atoms with Crippen LogP contribution in [0.2, 0.25) is 5.02 Å². The van der Waals surface area contributed by atoms with Gasteiger partial charge < -0.3 is 20.7 Å². The van der Waals surface area contributed by atoms with Gasteiger partial charge in [0.25, 0.3) is 0 Å². The van der Waals surface area contributed by atoms with Gasteiger partial charge in [0.05, 0.1) is 13.1 Å². The summed E-state index contributed by atoms with van der Waals surface area (Å²) in [6, 6.07) is 4.35. The van der Waals surface area contributed by atoms with E-state index in [0.717, 1.165) is 0 Å². The molecule has 9 heteroatoms. The summed E-state index contributed by atoms with van der Waals surface area (Å²) < 4.78 is 29.5. The molecule has 6 nitrogen and oxygen atoms in total. The number of ether oxygens (including phenoxy) is 1. The Labute approximate surface area is 157 Å². The number of aliphatic imine (C=N–C) groups is 1. The third-order valence-electron chi connectivity index (χ3n) is 2.92. The fourth-order valence-corrected chi connectivity index (χ4v) is 2.21. The Morgan fingerprint density at radius 3 is 2.58 bits per heavy atom. The lowest BCUT2D eigenvalue weighted by Gasteiger charge is -2.21. The molecular weight excluding hydrogens is 366 g/mol. The van der Waals surface area contributed by atoms with E-state index in [9.17, 15) is 13.6 Å². The summed E-state index contributed by atoms with van der Waals surface area (Å²) in [5.41, 5.74) is 0.0745. The van der Waals surface area contributed by atoms with Crippen molar-refractivity contribution >= 4 is 23.5 Å². The van der Waals surface area contributed by atoms with Crippen LogP contribution in [-0.2, 0) is 11.3 Å². The number of hydrogen-bond acceptors (Lipinski definition) is 3. The van der Waals surface area contributed by atoms with Gasteiger partial charge in [0.15, 0.2) is 5.96 Å². The van der Waals surface area contributed by atoms with Crippen molar-refractivity contribution in [2.75, 3.05) is 13.1 Å². The Morgan fingerprint density at radius 2 is 2.00 bits per heavy atom. The molecule has 0 radical (unpaired) electrons. The van der Waals surface area contributed by atoms with Crippen LogP contribution in [-0.4, -0.2) is 37.1 Å². The summed E-state index contributed by atoms with van der Waals surface area (Å²) in [5, 5.41) is 9.09. The lowest BCUT2D eigenvalue weighted by Crippen LogP contribution is -2.48. The maximum absolute atomic E-state index is 12.5. The molecule has 0 aliphatic rings. The third kappa shape index (κ3) is 8.84. The molecule has 0 aromatic heterocycles. The molecule has 3 N–H and O–H groups in total. The van der Waals surface area contributed by atoms with Gasteiger partial charge in [-0.3, -0.25) is 4.79 Å². The monoisotopic (exact) mass is 390 g/mol. The van der Waals surface area contributed by atoms with Gasteiger partial charge in [-0.2, -0.15) is 8.78 Å². The summed E-state index contributed by atoms with van der Waals surface area (Å²) in [4.78, 5) is 16.2. The van der Waals surface area contributed by atoms with Crippen LogP contribution >= 0.6 is 11.6 Å². The molecule has 0 unspecified atom stereocenters. The van der Waals surface area contributed by atoms with E-state index >= 15 is 0 Å². The highest BCUT2D eigenvalue weighted by atomic mass is 35.5. The van der Waals surface area contributed by atoms with Crippen molar-refractivity contribution in [1.82, 2.24) is 16.0 Å². The van der Waals surface area contributed by atoms with Crippen molar-refractivity contribution in [2.24, 2.45) is 4.99 Å². The van der Waals surface area contributed by atoms with Crippen LogP contribution in [0.3, 0.4) is 0 Å². The first kappa shape index (κ1) is 22.0. The van der Waals surface area contributed by atoms with Crippen molar-refractivity contribution in [3.63, 3.8) is 0 Å². The van der Waals surface area contributed by atoms with Gasteiger partial charge in [0.1, 0.15) is 5.75 Å². The second-order valence-corrected chi connectivity index (χ2v) is 6.91. The van der Waals surface area contributed by atoms with Crippen LogP contribution in [0.15, 0.2) is 23.2 Å². The van der Waals surface area contributed by atoms with Crippen molar-refractivity contribution in [2.45, 2.75) is 46.4 Å². The molecule has 1 amide bonds. The Balaban J connectivity index is 2.80. The molecule has 0 aliphatic heterocycles. The molecule has 0 atom stereocenters. The smallest absolute Gasteiger partial charge is 0.387 e. The normalized spacial score (nSPS) is 12.1. The first-order valence-corrected chi connectivity index (χ1v) is 8.55. The quantitative estimate of drug-likeness (QED) is 0.494. The molecule has 0 spiro atoms. The predicted octanol–water partition coefficient (Wildman–Crippen LogP) is 2.91. The SMILES string of the molecule is CCNC(=NCc1cc(Cl)ccc1OC(F)F)NCC(=O)NC(C)(C)C. The van der Waals surface area contributed by atoms with Crippen molar-refractivity contribution in [3.05, 3.63) is 28.8 Å². The molecule has 1 aromatic carbocycles. The van der Waals surface area contributed by atoms with Gasteiger partial charge in [-0.05, 0) is 45.9 Å². The maximum Gasteiger partial charge on any atom is 0.387 e. The minimum Gasteiger partial charge on any atom is -0.434 e. The van der Waals surface area contributed by atoms with E-state index in [4.69, 9.17) is 11.6 Å². The number of halogens is 3. The average Bonchev–Trinajstić information content (AvgIpc) is 2.50. The van der Waals surface area contributed by atoms with Crippen molar-refractivity contribution < 1.29 is 18.3 Å². The van der Waals surface area contributed by atoms with E-state index in [1.165, 1.54) is 18.2 Å². The zero-order chi connectivity index (χ0) is 19.7. The topological polar surface area (TPSA) is 74.8 Å². The number of carbonyl (C=O) groups is 1. The lowest BCUT2D eigenvalue weighted by molar-refractivity contribution is -0.121. The molecular formula is C17H25ClF2N4O2. The summed E-state index contributed by atoms with van der Waals surface area (Å²) in [6.45, 7) is 5.24. The molecule has 0 bridgehead atoms. The van der Waals surface area contributed by atoms with Crippen LogP contribution in [0.1, 0.15) is 33.3 Å². The fraction of sp³-hybridized carbons (Fsp3) is 0.529. The van der Waals surface area contributed by atoms with Crippen LogP contribution < -0.4 is 20.7 Å². The maximum atomic E-state index is 12.5. The van der Waals surface area contributed by atoms with Crippen LogP contribution in [0.4, 0.5) is 8.78 Å². The van der Waals surface area contributed by atoms with Gasteiger partial charge in [0, 0.05) is 22.7 Å². The Kier molecular flexibility index (Phi) is 8.57. The number of benzene rings is 1. The summed E-state index contributed by atoms with van der Waals surface area (Å²) >= 11 is 5.92. The predicted molar refractivity (Wildman–Crippen MR) is 98.8 cm³/mol. The van der Waals surface area contributed by atoms with Gasteiger partial charge in [-0.15, -0.1) is 0 Å². The number of hydrogen-bond donors (Lipinski definition) is 3. The summed E-state index contributed by atoms with van der Waals surface area (Å²) in [5.74, 6) is 0.196. The minimum atomic E-state index is -2.94. The molecule has 0 fully saturated rings. The number of rotatable bonds is 7. The number of carbonyl (C=O) groups excluding carboxylic acids is 1. The zero-order valence-corrected chi connectivity index (χ0v) is 16.1. The number of alkyl halides is 2. The highest BCUT2D eigenvalue weighted by Gasteiger charge is 2.14. The highest BCUT2D eigenvalue weighted by Crippen LogP contribution is 2.25. The molecule has 1 rings (SSSR count). The van der Waals surface area contributed by atoms with Gasteiger partial charge >= 0.3 is 6.61 Å². The van der Waals surface area contributed by atoms with E-state index in [2.05, 4.69) is 25.7 Å². The van der Waals surface area contributed by atoms with Gasteiger partial charge in [0.2, 0.25) is 5.91 Å². The van der Waals surface area contributed by atoms with E-state index in [0.29, 0.717) is 23.1 Å². The van der Waals surface area contributed by atoms with E-state index in [-0.39, 0.29) is 30.3 Å². The van der Waals surface area contributed by atoms with E-state index < -0.39 is 6.61 Å². The molecule has 26 heavy (non-hydrogen) atoms. The first-order chi connectivity index (χ1) is 12.1. The fourth-order valence-electron chi connectivity index (χ4n) is 2.01. The van der Waals surface area contributed by atoms with Gasteiger partial charge in [-0.25, -0.2) is 4.99 Å². The van der Waals surface area contributed by atoms with Crippen molar-refractivity contribution in [1.29, 1.82) is 0 Å². The largest absolute Gasteiger partial charge is 0.434 e. The van der Waals surface area contributed by atoms with E-state index in [1.807, 2.05) is 27.7 Å². The molecule has 0 aliphatic carbocycles. The Bertz CT molecular complexity index is 634. The molecule has 0 saturated heterocycles. The van der Waals surface area contributed by atoms with Crippen LogP contribution in [0.5, 0.6) is 5.75 Å². The molecule has 0 saturated carbocycles. The molecule has 146 valence electrons. The van der Waals surface area contributed by atoms with Gasteiger partial charge in [-0.1, -0.05) is 11.6 Å². The minimum absolute atomic E-state index is 0.00877. The third-order valence-corrected chi connectivity index (χ3v) is 3.16. The first-order valence-electron chi connectivity index (χ1n) is 8.17. The highest BCUT2D eigenvalue weighted by molar-refractivity contribution is 6.30. The standard InChI is InChI=1S/C17H25ClF2N4O2/c1-5-21-16(23-10-14(25)24-17(2,3)4)22-9-11-8-12(18)6-7-13(11)26-15(19)20/h6-8,15H,5,9-10H2,1-4H3,(H,24,25)(H2,21,22,23). The number of nitrogens with zero attached hydrogens (tertiary/aromatic N) is 1. The number of amides is 1. The zero-order valence-electron chi connectivity index (χ0n) is 15.3. The molecule has 1 aromatic rings. The summed E-state index contributed by atoms with van der Waals surface area (Å²) in [7, 11) is 0. The van der Waals surface area contributed by atoms with Crippen LogP contribution in [0.25, 0.3) is 0 Å². The second kappa shape index (κ2) is 10.2.